The maximum absolute atomic E-state index is 12.2. The van der Waals surface area contributed by atoms with Crippen molar-refractivity contribution >= 4 is 15.9 Å². The Kier molecular flexibility index (Phi) is 3.64. The molecule has 1 amide bonds. The van der Waals surface area contributed by atoms with Crippen LogP contribution < -0.4 is 4.72 Å². The summed E-state index contributed by atoms with van der Waals surface area (Å²) in [5, 5.41) is 0. The van der Waals surface area contributed by atoms with Crippen LogP contribution in [0.25, 0.3) is 0 Å². The smallest absolute Gasteiger partial charge is 0.253 e. The molecule has 104 valence electrons. The number of aryl methyl sites for hydroxylation is 1. The zero-order valence-corrected chi connectivity index (χ0v) is 12.2. The Labute approximate surface area is 113 Å². The van der Waals surface area contributed by atoms with Gasteiger partial charge in [-0.3, -0.25) is 4.79 Å². The van der Waals surface area contributed by atoms with E-state index >= 15 is 0 Å². The number of rotatable bonds is 3. The van der Waals surface area contributed by atoms with Gasteiger partial charge in [0.2, 0.25) is 10.0 Å². The zero-order chi connectivity index (χ0) is 14.2. The minimum atomic E-state index is -3.54. The lowest BCUT2D eigenvalue weighted by atomic mass is 10.0. The molecule has 1 aliphatic heterocycles. The Bertz CT molecular complexity index is 619. The van der Waals surface area contributed by atoms with E-state index in [1.165, 1.54) is 13.1 Å². The highest BCUT2D eigenvalue weighted by molar-refractivity contribution is 7.89. The maximum Gasteiger partial charge on any atom is 0.253 e. The summed E-state index contributed by atoms with van der Waals surface area (Å²) in [6.07, 6.45) is 1.01. The second-order valence-electron chi connectivity index (χ2n) is 4.77. The van der Waals surface area contributed by atoms with E-state index in [9.17, 15) is 13.2 Å². The number of hydrogen-bond donors (Lipinski definition) is 1. The molecular weight excluding hydrogens is 264 g/mol. The maximum atomic E-state index is 12.2. The third-order valence-electron chi connectivity index (χ3n) is 3.57. The third kappa shape index (κ3) is 2.50. The lowest BCUT2D eigenvalue weighted by Crippen LogP contribution is -2.42. The van der Waals surface area contributed by atoms with Crippen molar-refractivity contribution in [3.63, 3.8) is 0 Å². The first-order valence-electron chi connectivity index (χ1n) is 6.21. The second-order valence-corrected chi connectivity index (χ2v) is 6.62. The predicted octanol–water partition coefficient (Wildman–Crippen LogP) is 1.06. The van der Waals surface area contributed by atoms with E-state index in [0.717, 1.165) is 25.1 Å². The van der Waals surface area contributed by atoms with Crippen LogP contribution in [0.1, 0.15) is 27.9 Å². The number of nitrogens with one attached hydrogen (secondary N) is 1. The number of nitrogens with zero attached hydrogens (tertiary/aromatic N) is 1. The highest BCUT2D eigenvalue weighted by Gasteiger charge is 2.24. The Morgan fingerprint density at radius 2 is 1.89 bits per heavy atom. The van der Waals surface area contributed by atoms with E-state index in [0.29, 0.717) is 11.1 Å². The molecule has 5 nitrogen and oxygen atoms in total. The molecule has 1 aromatic carbocycles. The van der Waals surface area contributed by atoms with Crippen molar-refractivity contribution in [3.8, 4) is 0 Å². The standard InChI is InChI=1S/C13H18N2O3S/c1-9-7-11(13(16)15-5-4-6-15)8-12(10(9)2)19(17,18)14-3/h7-8,14H,4-6H2,1-3H3. The molecule has 1 saturated heterocycles. The van der Waals surface area contributed by atoms with Gasteiger partial charge < -0.3 is 4.90 Å². The summed E-state index contributed by atoms with van der Waals surface area (Å²) < 4.78 is 26.2. The van der Waals surface area contributed by atoms with E-state index in [1.807, 2.05) is 6.92 Å². The van der Waals surface area contributed by atoms with Gasteiger partial charge in [0.25, 0.3) is 5.91 Å². The van der Waals surface area contributed by atoms with Gasteiger partial charge in [-0.2, -0.15) is 0 Å². The molecule has 1 fully saturated rings. The van der Waals surface area contributed by atoms with Gasteiger partial charge >= 0.3 is 0 Å². The van der Waals surface area contributed by atoms with Crippen LogP contribution in [0.4, 0.5) is 0 Å². The van der Waals surface area contributed by atoms with Gasteiger partial charge in [-0.15, -0.1) is 0 Å². The average Bonchev–Trinajstić information content (AvgIpc) is 2.29. The van der Waals surface area contributed by atoms with Gasteiger partial charge in [-0.05, 0) is 50.6 Å². The number of amides is 1. The number of hydrogen-bond acceptors (Lipinski definition) is 3. The summed E-state index contributed by atoms with van der Waals surface area (Å²) in [7, 11) is -2.17. The summed E-state index contributed by atoms with van der Waals surface area (Å²) >= 11 is 0. The Balaban J connectivity index is 2.50. The van der Waals surface area contributed by atoms with E-state index < -0.39 is 10.0 Å². The molecule has 1 aliphatic rings. The second kappa shape index (κ2) is 4.94. The average molecular weight is 282 g/mol. The van der Waals surface area contributed by atoms with Gasteiger partial charge in [0.15, 0.2) is 0 Å². The fraction of sp³-hybridized carbons (Fsp3) is 0.462. The summed E-state index contributed by atoms with van der Waals surface area (Å²) in [5.74, 6) is -0.0955. The molecule has 0 aromatic heterocycles. The number of sulfonamides is 1. The van der Waals surface area contributed by atoms with Crippen molar-refractivity contribution in [1.29, 1.82) is 0 Å². The quantitative estimate of drug-likeness (QED) is 0.901. The zero-order valence-electron chi connectivity index (χ0n) is 11.4. The first kappa shape index (κ1) is 14.0. The van der Waals surface area contributed by atoms with Gasteiger partial charge in [-0.1, -0.05) is 0 Å². The lowest BCUT2D eigenvalue weighted by Gasteiger charge is -2.31. The molecule has 0 unspecified atom stereocenters. The summed E-state index contributed by atoms with van der Waals surface area (Å²) in [4.78, 5) is 14.1. The molecule has 0 saturated carbocycles. The molecule has 0 radical (unpaired) electrons. The molecule has 1 N–H and O–H groups in total. The Hall–Kier alpha value is -1.40. The van der Waals surface area contributed by atoms with Crippen molar-refractivity contribution in [2.45, 2.75) is 25.2 Å². The highest BCUT2D eigenvalue weighted by Crippen LogP contribution is 2.23. The Morgan fingerprint density at radius 3 is 2.37 bits per heavy atom. The first-order chi connectivity index (χ1) is 8.86. The van der Waals surface area contributed by atoms with Crippen molar-refractivity contribution in [1.82, 2.24) is 9.62 Å². The van der Waals surface area contributed by atoms with Crippen LogP contribution in [-0.2, 0) is 10.0 Å². The molecule has 19 heavy (non-hydrogen) atoms. The molecule has 6 heteroatoms. The molecule has 2 rings (SSSR count). The lowest BCUT2D eigenvalue weighted by molar-refractivity contribution is 0.0651. The van der Waals surface area contributed by atoms with Crippen LogP contribution in [0.15, 0.2) is 17.0 Å². The van der Waals surface area contributed by atoms with Crippen molar-refractivity contribution in [3.05, 3.63) is 28.8 Å². The van der Waals surface area contributed by atoms with Gasteiger partial charge in [0.05, 0.1) is 4.90 Å². The largest absolute Gasteiger partial charge is 0.339 e. The van der Waals surface area contributed by atoms with E-state index in [4.69, 9.17) is 0 Å². The van der Waals surface area contributed by atoms with Crippen molar-refractivity contribution in [2.24, 2.45) is 0 Å². The molecule has 0 aliphatic carbocycles. The fourth-order valence-corrected chi connectivity index (χ4v) is 3.11. The van der Waals surface area contributed by atoms with Crippen LogP contribution in [0.3, 0.4) is 0 Å². The van der Waals surface area contributed by atoms with Gasteiger partial charge in [-0.25, -0.2) is 13.1 Å². The number of carbonyl (C=O) groups excluding carboxylic acids is 1. The molecular formula is C13H18N2O3S. The minimum absolute atomic E-state index is 0.0955. The summed E-state index contributed by atoms with van der Waals surface area (Å²) in [5.41, 5.74) is 1.92. The topological polar surface area (TPSA) is 66.5 Å². The van der Waals surface area contributed by atoms with Crippen molar-refractivity contribution < 1.29 is 13.2 Å². The normalized spacial score (nSPS) is 15.2. The van der Waals surface area contributed by atoms with E-state index in [2.05, 4.69) is 4.72 Å². The molecule has 0 spiro atoms. The minimum Gasteiger partial charge on any atom is -0.339 e. The van der Waals surface area contributed by atoms with Crippen molar-refractivity contribution in [2.75, 3.05) is 20.1 Å². The predicted molar refractivity (Wildman–Crippen MR) is 72.7 cm³/mol. The summed E-state index contributed by atoms with van der Waals surface area (Å²) in [6.45, 7) is 5.06. The molecule has 1 aromatic rings. The van der Waals surface area contributed by atoms with E-state index in [1.54, 1.807) is 17.9 Å². The van der Waals surface area contributed by atoms with Gasteiger partial charge in [0.1, 0.15) is 0 Å². The number of likely N-dealkylation sites (tertiary alicyclic amines) is 1. The van der Waals surface area contributed by atoms with Crippen LogP contribution >= 0.6 is 0 Å². The van der Waals surface area contributed by atoms with E-state index in [-0.39, 0.29) is 10.8 Å². The van der Waals surface area contributed by atoms with Crippen LogP contribution in [0.2, 0.25) is 0 Å². The van der Waals surface area contributed by atoms with Crippen LogP contribution in [0, 0.1) is 13.8 Å². The molecule has 1 heterocycles. The van der Waals surface area contributed by atoms with Gasteiger partial charge in [0, 0.05) is 18.7 Å². The molecule has 0 atom stereocenters. The van der Waals surface area contributed by atoms with Crippen LogP contribution in [0.5, 0.6) is 0 Å². The highest BCUT2D eigenvalue weighted by atomic mass is 32.2. The van der Waals surface area contributed by atoms with Crippen LogP contribution in [-0.4, -0.2) is 39.4 Å². The number of benzene rings is 1. The number of carbonyl (C=O) groups is 1. The molecule has 0 bridgehead atoms. The summed E-state index contributed by atoms with van der Waals surface area (Å²) in [6, 6.07) is 3.22. The monoisotopic (exact) mass is 282 g/mol. The first-order valence-corrected chi connectivity index (χ1v) is 7.69. The Morgan fingerprint density at radius 1 is 1.26 bits per heavy atom. The third-order valence-corrected chi connectivity index (χ3v) is 5.11. The SMILES string of the molecule is CNS(=O)(=O)c1cc(C(=O)N2CCC2)cc(C)c1C. The fourth-order valence-electron chi connectivity index (χ4n) is 2.04.